The highest BCUT2D eigenvalue weighted by Gasteiger charge is 2.34. The lowest BCUT2D eigenvalue weighted by Gasteiger charge is -2.36. The zero-order valence-corrected chi connectivity index (χ0v) is 10.1. The average Bonchev–Trinajstić information content (AvgIpc) is 2.18. The van der Waals surface area contributed by atoms with Crippen LogP contribution in [0, 0.1) is 11.8 Å². The lowest BCUT2D eigenvalue weighted by molar-refractivity contribution is -0.0469. The Hall–Kier alpha value is -0.890. The minimum Gasteiger partial charge on any atom is -0.389 e. The summed E-state index contributed by atoms with van der Waals surface area (Å²) in [6.45, 7) is 8.23. The Balaban J connectivity index is 2.85. The molecule has 0 amide bonds. The summed E-state index contributed by atoms with van der Waals surface area (Å²) in [6.07, 6.45) is 2.40. The second-order valence-corrected chi connectivity index (χ2v) is 4.80. The number of pyridine rings is 1. The van der Waals surface area contributed by atoms with Crippen molar-refractivity contribution in [3.8, 4) is 0 Å². The molecule has 0 fully saturated rings. The van der Waals surface area contributed by atoms with Crippen LogP contribution in [0.3, 0.4) is 0 Å². The smallest absolute Gasteiger partial charge is 0.0748 e. The molecule has 0 spiro atoms. The summed E-state index contributed by atoms with van der Waals surface area (Å²) in [5, 5.41) is 10.6. The van der Waals surface area contributed by atoms with Crippen molar-refractivity contribution in [1.82, 2.24) is 4.98 Å². The molecule has 15 heavy (non-hydrogen) atoms. The quantitative estimate of drug-likeness (QED) is 0.823. The van der Waals surface area contributed by atoms with Gasteiger partial charge in [-0.1, -0.05) is 33.8 Å². The van der Waals surface area contributed by atoms with Crippen LogP contribution in [0.1, 0.15) is 33.4 Å². The highest BCUT2D eigenvalue weighted by atomic mass is 16.3. The molecule has 1 aromatic rings. The minimum atomic E-state index is -0.658. The predicted octanol–water partition coefficient (Wildman–Crippen LogP) is 2.67. The number of hydrogen-bond donors (Lipinski definition) is 1. The molecule has 1 N–H and O–H groups in total. The van der Waals surface area contributed by atoms with Crippen molar-refractivity contribution in [3.05, 3.63) is 30.1 Å². The van der Waals surface area contributed by atoms with E-state index < -0.39 is 5.60 Å². The summed E-state index contributed by atoms with van der Waals surface area (Å²) in [5.74, 6) is 0.471. The average molecular weight is 207 g/mol. The van der Waals surface area contributed by atoms with E-state index in [2.05, 4.69) is 32.7 Å². The molecule has 0 aromatic carbocycles. The van der Waals surface area contributed by atoms with Gasteiger partial charge in [-0.15, -0.1) is 0 Å². The van der Waals surface area contributed by atoms with Crippen molar-refractivity contribution in [2.24, 2.45) is 11.8 Å². The van der Waals surface area contributed by atoms with E-state index in [1.54, 1.807) is 6.20 Å². The third-order valence-corrected chi connectivity index (χ3v) is 3.19. The fourth-order valence-electron chi connectivity index (χ4n) is 1.87. The maximum Gasteiger partial charge on any atom is 0.0748 e. The van der Waals surface area contributed by atoms with Crippen LogP contribution in [0.5, 0.6) is 0 Å². The standard InChI is InChI=1S/C13H21NO/c1-10(2)13(15,11(3)4)9-12-7-5-6-8-14-12/h5-8,10-11,15H,9H2,1-4H3. The molecule has 84 valence electrons. The summed E-state index contributed by atoms with van der Waals surface area (Å²) in [6, 6.07) is 5.83. The fourth-order valence-corrected chi connectivity index (χ4v) is 1.87. The van der Waals surface area contributed by atoms with Crippen LogP contribution in [-0.2, 0) is 6.42 Å². The van der Waals surface area contributed by atoms with E-state index in [4.69, 9.17) is 0 Å². The van der Waals surface area contributed by atoms with Gasteiger partial charge >= 0.3 is 0 Å². The van der Waals surface area contributed by atoms with Crippen LogP contribution in [0.15, 0.2) is 24.4 Å². The van der Waals surface area contributed by atoms with Gasteiger partial charge in [-0.2, -0.15) is 0 Å². The van der Waals surface area contributed by atoms with Crippen LogP contribution in [0.2, 0.25) is 0 Å². The van der Waals surface area contributed by atoms with Gasteiger partial charge in [0.2, 0.25) is 0 Å². The molecule has 0 radical (unpaired) electrons. The molecule has 2 heteroatoms. The molecule has 0 aliphatic rings. The van der Waals surface area contributed by atoms with Gasteiger partial charge < -0.3 is 5.11 Å². The second-order valence-electron chi connectivity index (χ2n) is 4.80. The van der Waals surface area contributed by atoms with E-state index >= 15 is 0 Å². The fraction of sp³-hybridized carbons (Fsp3) is 0.615. The van der Waals surface area contributed by atoms with E-state index in [1.165, 1.54) is 0 Å². The zero-order valence-electron chi connectivity index (χ0n) is 10.1. The van der Waals surface area contributed by atoms with E-state index in [9.17, 15) is 5.11 Å². The highest BCUT2D eigenvalue weighted by molar-refractivity contribution is 5.08. The van der Waals surface area contributed by atoms with Gasteiger partial charge in [0.15, 0.2) is 0 Å². The van der Waals surface area contributed by atoms with Crippen molar-refractivity contribution in [2.75, 3.05) is 0 Å². The number of nitrogens with zero attached hydrogens (tertiary/aromatic N) is 1. The van der Waals surface area contributed by atoms with Gasteiger partial charge in [-0.25, -0.2) is 0 Å². The first-order chi connectivity index (χ1) is 6.97. The molecule has 0 aliphatic carbocycles. The van der Waals surface area contributed by atoms with Gasteiger partial charge in [-0.3, -0.25) is 4.98 Å². The number of aromatic nitrogens is 1. The Morgan fingerprint density at radius 1 is 1.20 bits per heavy atom. The summed E-state index contributed by atoms with van der Waals surface area (Å²) in [7, 11) is 0. The van der Waals surface area contributed by atoms with Crippen LogP contribution in [-0.4, -0.2) is 15.7 Å². The van der Waals surface area contributed by atoms with Crippen molar-refractivity contribution in [3.63, 3.8) is 0 Å². The molecule has 2 nitrogen and oxygen atoms in total. The SMILES string of the molecule is CC(C)C(O)(Cc1ccccn1)C(C)C. The zero-order chi connectivity index (χ0) is 11.5. The van der Waals surface area contributed by atoms with Crippen LogP contribution in [0.4, 0.5) is 0 Å². The molecule has 1 rings (SSSR count). The topological polar surface area (TPSA) is 33.1 Å². The lowest BCUT2D eigenvalue weighted by Crippen LogP contribution is -2.43. The Morgan fingerprint density at radius 2 is 1.80 bits per heavy atom. The van der Waals surface area contributed by atoms with Gasteiger partial charge in [0.1, 0.15) is 0 Å². The maximum atomic E-state index is 10.6. The number of aliphatic hydroxyl groups is 1. The first kappa shape index (κ1) is 12.2. The molecule has 0 unspecified atom stereocenters. The van der Waals surface area contributed by atoms with Crippen LogP contribution >= 0.6 is 0 Å². The van der Waals surface area contributed by atoms with Crippen LogP contribution < -0.4 is 0 Å². The van der Waals surface area contributed by atoms with Gasteiger partial charge in [0, 0.05) is 18.3 Å². The minimum absolute atomic E-state index is 0.236. The third kappa shape index (κ3) is 2.78. The summed E-state index contributed by atoms with van der Waals surface area (Å²) in [5.41, 5.74) is 0.302. The number of hydrogen-bond acceptors (Lipinski definition) is 2. The Morgan fingerprint density at radius 3 is 2.20 bits per heavy atom. The maximum absolute atomic E-state index is 10.6. The van der Waals surface area contributed by atoms with Gasteiger partial charge in [0.25, 0.3) is 0 Å². The molecular weight excluding hydrogens is 186 g/mol. The van der Waals surface area contributed by atoms with E-state index in [0.717, 1.165) is 5.69 Å². The van der Waals surface area contributed by atoms with Crippen molar-refractivity contribution in [2.45, 2.75) is 39.7 Å². The normalized spacial score (nSPS) is 12.5. The van der Waals surface area contributed by atoms with Crippen molar-refractivity contribution in [1.29, 1.82) is 0 Å². The molecular formula is C13H21NO. The van der Waals surface area contributed by atoms with E-state index in [0.29, 0.717) is 6.42 Å². The molecule has 0 atom stereocenters. The largest absolute Gasteiger partial charge is 0.389 e. The Kier molecular flexibility index (Phi) is 3.86. The van der Waals surface area contributed by atoms with E-state index in [1.807, 2.05) is 18.2 Å². The van der Waals surface area contributed by atoms with Gasteiger partial charge in [-0.05, 0) is 24.0 Å². The summed E-state index contributed by atoms with van der Waals surface area (Å²) < 4.78 is 0. The first-order valence-electron chi connectivity index (χ1n) is 5.59. The van der Waals surface area contributed by atoms with Crippen molar-refractivity contribution >= 4 is 0 Å². The molecule has 0 saturated carbocycles. The summed E-state index contributed by atoms with van der Waals surface area (Å²) in [4.78, 5) is 4.27. The second kappa shape index (κ2) is 4.75. The highest BCUT2D eigenvalue weighted by Crippen LogP contribution is 2.29. The Labute approximate surface area is 92.4 Å². The van der Waals surface area contributed by atoms with Crippen molar-refractivity contribution < 1.29 is 5.11 Å². The molecule has 1 aromatic heterocycles. The monoisotopic (exact) mass is 207 g/mol. The molecule has 0 aliphatic heterocycles. The van der Waals surface area contributed by atoms with Gasteiger partial charge in [0.05, 0.1) is 5.60 Å². The predicted molar refractivity (Wildman–Crippen MR) is 62.6 cm³/mol. The van der Waals surface area contributed by atoms with Crippen LogP contribution in [0.25, 0.3) is 0 Å². The first-order valence-corrected chi connectivity index (χ1v) is 5.59. The third-order valence-electron chi connectivity index (χ3n) is 3.19. The molecule has 0 bridgehead atoms. The lowest BCUT2D eigenvalue weighted by atomic mass is 9.77. The number of rotatable bonds is 4. The molecule has 1 heterocycles. The van der Waals surface area contributed by atoms with E-state index in [-0.39, 0.29) is 11.8 Å². The summed E-state index contributed by atoms with van der Waals surface area (Å²) >= 11 is 0. The molecule has 0 saturated heterocycles. The Bertz CT molecular complexity index is 285.